The molecule has 6 heteroatoms. The lowest BCUT2D eigenvalue weighted by molar-refractivity contribution is 0.162. The first-order valence-corrected chi connectivity index (χ1v) is 5.13. The summed E-state index contributed by atoms with van der Waals surface area (Å²) in [6.45, 7) is 0.0210. The third-order valence-electron chi connectivity index (χ3n) is 2.20. The molecule has 4 N–H and O–H groups in total. The topological polar surface area (TPSA) is 75.4 Å². The number of hydrogen-bond donors (Lipinski definition) is 3. The average Bonchev–Trinajstić information content (AvgIpc) is 2.22. The summed E-state index contributed by atoms with van der Waals surface area (Å²) in [5.41, 5.74) is 5.29. The van der Waals surface area contributed by atoms with Gasteiger partial charge in [0.25, 0.3) is 0 Å². The van der Waals surface area contributed by atoms with E-state index in [0.29, 0.717) is 12.0 Å². The van der Waals surface area contributed by atoms with E-state index >= 15 is 0 Å². The Bertz CT molecular complexity index is 379. The van der Waals surface area contributed by atoms with Crippen molar-refractivity contribution in [2.45, 2.75) is 18.9 Å². The van der Waals surface area contributed by atoms with Crippen molar-refractivity contribution < 1.29 is 18.7 Å². The Labute approximate surface area is 97.4 Å². The number of halogens is 2. The van der Waals surface area contributed by atoms with Crippen LogP contribution in [0, 0.1) is 11.6 Å². The van der Waals surface area contributed by atoms with Crippen LogP contribution in [0.5, 0.6) is 0 Å². The molecular formula is C11H14F2N2O2. The van der Waals surface area contributed by atoms with Gasteiger partial charge in [0, 0.05) is 12.6 Å². The SMILES string of the molecule is NC(=O)NCC(O)CCc1cc(F)cc(F)c1. The fourth-order valence-electron chi connectivity index (χ4n) is 1.41. The summed E-state index contributed by atoms with van der Waals surface area (Å²) >= 11 is 0. The maximum Gasteiger partial charge on any atom is 0.312 e. The van der Waals surface area contributed by atoms with Gasteiger partial charge < -0.3 is 16.2 Å². The van der Waals surface area contributed by atoms with Crippen molar-refractivity contribution in [3.8, 4) is 0 Å². The maximum atomic E-state index is 12.8. The molecule has 0 aliphatic carbocycles. The van der Waals surface area contributed by atoms with Gasteiger partial charge in [-0.3, -0.25) is 0 Å². The van der Waals surface area contributed by atoms with Crippen LogP contribution in [-0.4, -0.2) is 23.8 Å². The van der Waals surface area contributed by atoms with Gasteiger partial charge in [0.1, 0.15) is 11.6 Å². The number of hydrogen-bond acceptors (Lipinski definition) is 2. The lowest BCUT2D eigenvalue weighted by Crippen LogP contribution is -2.36. The number of carbonyl (C=O) groups excluding carboxylic acids is 1. The number of urea groups is 1. The van der Waals surface area contributed by atoms with Gasteiger partial charge in [0.2, 0.25) is 0 Å². The molecule has 0 fully saturated rings. The van der Waals surface area contributed by atoms with E-state index in [9.17, 15) is 18.7 Å². The maximum absolute atomic E-state index is 12.8. The van der Waals surface area contributed by atoms with E-state index in [4.69, 9.17) is 5.73 Å². The number of aliphatic hydroxyl groups excluding tert-OH is 1. The minimum absolute atomic E-state index is 0.0210. The van der Waals surface area contributed by atoms with Gasteiger partial charge in [-0.2, -0.15) is 0 Å². The summed E-state index contributed by atoms with van der Waals surface area (Å²) in [4.78, 5) is 10.4. The highest BCUT2D eigenvalue weighted by Crippen LogP contribution is 2.10. The van der Waals surface area contributed by atoms with Crippen molar-refractivity contribution >= 4 is 6.03 Å². The standard InChI is InChI=1S/C11H14F2N2O2/c12-8-3-7(4-9(13)5-8)1-2-10(16)6-15-11(14)17/h3-5,10,16H,1-2,6H2,(H3,14,15,17). The molecule has 0 heterocycles. The van der Waals surface area contributed by atoms with Crippen molar-refractivity contribution in [3.05, 3.63) is 35.4 Å². The number of amides is 2. The van der Waals surface area contributed by atoms with Crippen molar-refractivity contribution in [1.82, 2.24) is 5.32 Å². The number of nitrogens with two attached hydrogens (primary N) is 1. The second-order valence-electron chi connectivity index (χ2n) is 3.72. The van der Waals surface area contributed by atoms with Crippen LogP contribution in [0.4, 0.5) is 13.6 Å². The number of primary amides is 1. The van der Waals surface area contributed by atoms with Gasteiger partial charge >= 0.3 is 6.03 Å². The van der Waals surface area contributed by atoms with E-state index in [1.807, 2.05) is 0 Å². The second-order valence-corrected chi connectivity index (χ2v) is 3.72. The summed E-state index contributed by atoms with van der Waals surface area (Å²) in [6, 6.07) is 2.48. The molecule has 0 saturated carbocycles. The minimum Gasteiger partial charge on any atom is -0.391 e. The summed E-state index contributed by atoms with van der Waals surface area (Å²) in [6.07, 6.45) is -0.201. The molecule has 0 aliphatic rings. The highest BCUT2D eigenvalue weighted by molar-refractivity contribution is 5.71. The Morgan fingerprint density at radius 2 is 1.94 bits per heavy atom. The molecule has 0 aliphatic heterocycles. The first kappa shape index (κ1) is 13.4. The van der Waals surface area contributed by atoms with E-state index < -0.39 is 23.8 Å². The molecule has 94 valence electrons. The predicted molar refractivity (Wildman–Crippen MR) is 58.3 cm³/mol. The van der Waals surface area contributed by atoms with Gasteiger partial charge in [0.05, 0.1) is 6.10 Å². The lowest BCUT2D eigenvalue weighted by atomic mass is 10.1. The third kappa shape index (κ3) is 5.26. The van der Waals surface area contributed by atoms with Crippen LogP contribution in [-0.2, 0) is 6.42 Å². The van der Waals surface area contributed by atoms with Crippen LogP contribution in [0.2, 0.25) is 0 Å². The summed E-state index contributed by atoms with van der Waals surface area (Å²) < 4.78 is 25.7. The number of aliphatic hydroxyl groups is 1. The van der Waals surface area contributed by atoms with Gasteiger partial charge in [0.15, 0.2) is 0 Å². The Morgan fingerprint density at radius 1 is 1.35 bits per heavy atom. The van der Waals surface area contributed by atoms with Crippen LogP contribution in [0.1, 0.15) is 12.0 Å². The zero-order valence-corrected chi connectivity index (χ0v) is 9.12. The smallest absolute Gasteiger partial charge is 0.312 e. The fourth-order valence-corrected chi connectivity index (χ4v) is 1.41. The monoisotopic (exact) mass is 244 g/mol. The largest absolute Gasteiger partial charge is 0.391 e. The van der Waals surface area contributed by atoms with Crippen molar-refractivity contribution in [2.24, 2.45) is 5.73 Å². The van der Waals surface area contributed by atoms with E-state index in [2.05, 4.69) is 5.32 Å². The van der Waals surface area contributed by atoms with Crippen molar-refractivity contribution in [3.63, 3.8) is 0 Å². The van der Waals surface area contributed by atoms with E-state index in [1.165, 1.54) is 12.1 Å². The number of benzene rings is 1. The first-order chi connectivity index (χ1) is 7.97. The zero-order valence-electron chi connectivity index (χ0n) is 9.12. The number of aryl methyl sites for hydroxylation is 1. The molecule has 1 atom stereocenters. The van der Waals surface area contributed by atoms with Crippen LogP contribution in [0.15, 0.2) is 18.2 Å². The summed E-state index contributed by atoms with van der Waals surface area (Å²) in [5.74, 6) is -1.30. The van der Waals surface area contributed by atoms with E-state index in [-0.39, 0.29) is 13.0 Å². The molecule has 2 amide bonds. The predicted octanol–water partition coefficient (Wildman–Crippen LogP) is 0.927. The third-order valence-corrected chi connectivity index (χ3v) is 2.20. The summed E-state index contributed by atoms with van der Waals surface area (Å²) in [5, 5.41) is 11.7. The molecule has 0 saturated heterocycles. The van der Waals surface area contributed by atoms with Crippen LogP contribution in [0.25, 0.3) is 0 Å². The zero-order chi connectivity index (χ0) is 12.8. The van der Waals surface area contributed by atoms with Gasteiger partial charge in [-0.25, -0.2) is 13.6 Å². The molecule has 0 radical (unpaired) electrons. The van der Waals surface area contributed by atoms with Crippen LogP contribution in [0.3, 0.4) is 0 Å². The quantitative estimate of drug-likeness (QED) is 0.720. The number of carbonyl (C=O) groups is 1. The van der Waals surface area contributed by atoms with E-state index in [0.717, 1.165) is 6.07 Å². The lowest BCUT2D eigenvalue weighted by Gasteiger charge is -2.10. The average molecular weight is 244 g/mol. The molecular weight excluding hydrogens is 230 g/mol. The molecule has 1 rings (SSSR count). The molecule has 0 spiro atoms. The highest BCUT2D eigenvalue weighted by Gasteiger charge is 2.07. The normalized spacial score (nSPS) is 12.2. The van der Waals surface area contributed by atoms with Crippen molar-refractivity contribution in [2.75, 3.05) is 6.54 Å². The molecule has 1 aromatic rings. The van der Waals surface area contributed by atoms with Crippen molar-refractivity contribution in [1.29, 1.82) is 0 Å². The van der Waals surface area contributed by atoms with Gasteiger partial charge in [-0.1, -0.05) is 0 Å². The van der Waals surface area contributed by atoms with Crippen LogP contribution < -0.4 is 11.1 Å². The second kappa shape index (κ2) is 6.15. The molecule has 0 bridgehead atoms. The molecule has 1 unspecified atom stereocenters. The number of rotatable bonds is 5. The first-order valence-electron chi connectivity index (χ1n) is 5.13. The molecule has 4 nitrogen and oxygen atoms in total. The number of nitrogens with one attached hydrogen (secondary N) is 1. The fraction of sp³-hybridized carbons (Fsp3) is 0.364. The van der Waals surface area contributed by atoms with E-state index in [1.54, 1.807) is 0 Å². The Hall–Kier alpha value is -1.69. The minimum atomic E-state index is -0.797. The highest BCUT2D eigenvalue weighted by atomic mass is 19.1. The summed E-state index contributed by atoms with van der Waals surface area (Å²) in [7, 11) is 0. The van der Waals surface area contributed by atoms with Gasteiger partial charge in [-0.05, 0) is 30.5 Å². The van der Waals surface area contributed by atoms with Gasteiger partial charge in [-0.15, -0.1) is 0 Å². The molecule has 17 heavy (non-hydrogen) atoms. The molecule has 1 aromatic carbocycles. The van der Waals surface area contributed by atoms with Crippen LogP contribution >= 0.6 is 0 Å². The Morgan fingerprint density at radius 3 is 2.47 bits per heavy atom. The Balaban J connectivity index is 2.41. The molecule has 0 aromatic heterocycles. The Kier molecular flexibility index (Phi) is 4.84.